The molecule has 0 heterocycles. The van der Waals surface area contributed by atoms with Crippen LogP contribution < -0.4 is 10.1 Å². The molecule has 2 aromatic carbocycles. The molecule has 126 valence electrons. The van der Waals surface area contributed by atoms with Gasteiger partial charge in [-0.3, -0.25) is 9.59 Å². The Morgan fingerprint density at radius 3 is 2.33 bits per heavy atom. The van der Waals surface area contributed by atoms with Crippen LogP contribution in [0.4, 0.5) is 4.39 Å². The zero-order chi connectivity index (χ0) is 17.2. The minimum atomic E-state index is -0.607. The van der Waals surface area contributed by atoms with E-state index in [2.05, 4.69) is 5.32 Å². The molecule has 24 heavy (non-hydrogen) atoms. The van der Waals surface area contributed by atoms with Crippen molar-refractivity contribution in [2.24, 2.45) is 0 Å². The quantitative estimate of drug-likeness (QED) is 0.718. The summed E-state index contributed by atoms with van der Waals surface area (Å²) in [6.45, 7) is -0.159. The first kappa shape index (κ1) is 17.7. The first-order valence-electron chi connectivity index (χ1n) is 7.81. The molecule has 4 nitrogen and oxygen atoms in total. The Labute approximate surface area is 140 Å². The average molecular weight is 329 g/mol. The van der Waals surface area contributed by atoms with Crippen LogP contribution in [0.3, 0.4) is 0 Å². The predicted octanol–water partition coefficient (Wildman–Crippen LogP) is 3.31. The molecule has 0 fully saturated rings. The van der Waals surface area contributed by atoms with Crippen molar-refractivity contribution in [2.75, 3.05) is 13.2 Å². The molecule has 0 aliphatic heterocycles. The highest BCUT2D eigenvalue weighted by molar-refractivity contribution is 5.98. The summed E-state index contributed by atoms with van der Waals surface area (Å²) in [5.41, 5.74) is 1.59. The zero-order valence-corrected chi connectivity index (χ0v) is 13.3. The Morgan fingerprint density at radius 1 is 0.958 bits per heavy atom. The smallest absolute Gasteiger partial charge is 0.220 e. The molecule has 0 aliphatic carbocycles. The van der Waals surface area contributed by atoms with Crippen molar-refractivity contribution in [3.63, 3.8) is 0 Å². The average Bonchev–Trinajstić information content (AvgIpc) is 2.64. The van der Waals surface area contributed by atoms with Gasteiger partial charge in [-0.25, -0.2) is 4.39 Å². The highest BCUT2D eigenvalue weighted by atomic mass is 19.1. The van der Waals surface area contributed by atoms with E-state index in [0.717, 1.165) is 5.56 Å². The van der Waals surface area contributed by atoms with Crippen molar-refractivity contribution in [3.05, 3.63) is 65.7 Å². The van der Waals surface area contributed by atoms with Gasteiger partial charge in [0.15, 0.2) is 5.78 Å². The highest BCUT2D eigenvalue weighted by Crippen LogP contribution is 2.15. The lowest BCUT2D eigenvalue weighted by Gasteiger charge is -2.07. The summed E-state index contributed by atoms with van der Waals surface area (Å²) >= 11 is 0. The molecule has 1 amide bonds. The van der Waals surface area contributed by atoms with Crippen LogP contribution in [-0.4, -0.2) is 24.9 Å². The fraction of sp³-hybridized carbons (Fsp3) is 0.263. The first-order valence-corrected chi connectivity index (χ1v) is 7.81. The summed E-state index contributed by atoms with van der Waals surface area (Å²) in [6.07, 6.45) is 0.160. The second-order valence-electron chi connectivity index (χ2n) is 5.26. The third-order valence-corrected chi connectivity index (χ3v) is 3.42. The van der Waals surface area contributed by atoms with Crippen LogP contribution in [0.2, 0.25) is 0 Å². The monoisotopic (exact) mass is 329 g/mol. The second-order valence-corrected chi connectivity index (χ2v) is 5.26. The molecule has 0 saturated carbocycles. The molecule has 0 aromatic heterocycles. The molecule has 0 saturated heterocycles. The normalized spacial score (nSPS) is 10.2. The van der Waals surface area contributed by atoms with Crippen molar-refractivity contribution in [2.45, 2.75) is 19.4 Å². The fourth-order valence-corrected chi connectivity index (χ4v) is 2.12. The summed E-state index contributed by atoms with van der Waals surface area (Å²) in [6, 6.07) is 16.6. The van der Waals surface area contributed by atoms with E-state index in [9.17, 15) is 14.0 Å². The molecule has 2 rings (SSSR count). The minimum absolute atomic E-state index is 0.0134. The van der Waals surface area contributed by atoms with Crippen LogP contribution in [0.5, 0.6) is 5.75 Å². The van der Waals surface area contributed by atoms with Crippen LogP contribution in [-0.2, 0) is 11.4 Å². The van der Waals surface area contributed by atoms with E-state index in [1.54, 1.807) is 24.3 Å². The summed E-state index contributed by atoms with van der Waals surface area (Å²) in [5.74, 6) is 0.236. The van der Waals surface area contributed by atoms with E-state index in [1.165, 1.54) is 0 Å². The molecule has 2 aromatic rings. The largest absolute Gasteiger partial charge is 0.489 e. The Kier molecular flexibility index (Phi) is 6.95. The Morgan fingerprint density at radius 2 is 1.67 bits per heavy atom. The lowest BCUT2D eigenvalue weighted by atomic mass is 10.1. The summed E-state index contributed by atoms with van der Waals surface area (Å²) in [4.78, 5) is 23.4. The van der Waals surface area contributed by atoms with E-state index >= 15 is 0 Å². The summed E-state index contributed by atoms with van der Waals surface area (Å²) < 4.78 is 17.6. The number of amides is 1. The maximum Gasteiger partial charge on any atom is 0.220 e. The topological polar surface area (TPSA) is 55.4 Å². The maximum absolute atomic E-state index is 12.0. The van der Waals surface area contributed by atoms with Gasteiger partial charge in [0, 0.05) is 24.9 Å². The number of carbonyl (C=O) groups is 2. The van der Waals surface area contributed by atoms with Crippen molar-refractivity contribution in [3.8, 4) is 5.75 Å². The number of Topliss-reactive ketones (excluding diaryl/α,β-unsaturated/α-hetero) is 1. The number of halogens is 1. The summed E-state index contributed by atoms with van der Waals surface area (Å²) in [7, 11) is 0. The molecule has 0 radical (unpaired) electrons. The van der Waals surface area contributed by atoms with Gasteiger partial charge in [0.1, 0.15) is 19.0 Å². The third-order valence-electron chi connectivity index (χ3n) is 3.42. The number of nitrogens with one attached hydrogen (secondary N) is 1. The number of hydrogen-bond donors (Lipinski definition) is 1. The van der Waals surface area contributed by atoms with Crippen LogP contribution in [0.15, 0.2) is 54.6 Å². The molecule has 0 aliphatic rings. The van der Waals surface area contributed by atoms with E-state index in [1.807, 2.05) is 30.3 Å². The number of rotatable bonds is 9. The number of ether oxygens (including phenoxy) is 1. The van der Waals surface area contributed by atoms with Gasteiger partial charge in [-0.15, -0.1) is 0 Å². The number of benzene rings is 2. The van der Waals surface area contributed by atoms with Crippen molar-refractivity contribution in [1.82, 2.24) is 5.32 Å². The first-order chi connectivity index (χ1) is 11.7. The van der Waals surface area contributed by atoms with Crippen molar-refractivity contribution >= 4 is 11.7 Å². The molecule has 0 unspecified atom stereocenters. The molecule has 1 N–H and O–H groups in total. The Balaban J connectivity index is 1.80. The number of hydrogen-bond acceptors (Lipinski definition) is 3. The lowest BCUT2D eigenvalue weighted by Crippen LogP contribution is -2.25. The SMILES string of the molecule is O=C(CCC(=O)c1ccc(OCc2ccccc2)cc1)NCCF. The number of ketones is 1. The van der Waals surface area contributed by atoms with Gasteiger partial charge >= 0.3 is 0 Å². The predicted molar refractivity (Wildman–Crippen MR) is 89.8 cm³/mol. The molecular formula is C19H20FNO3. The van der Waals surface area contributed by atoms with Gasteiger partial charge in [-0.1, -0.05) is 30.3 Å². The number of carbonyl (C=O) groups excluding carboxylic acids is 2. The van der Waals surface area contributed by atoms with E-state index in [0.29, 0.717) is 17.9 Å². The fourth-order valence-electron chi connectivity index (χ4n) is 2.12. The zero-order valence-electron chi connectivity index (χ0n) is 13.3. The second kappa shape index (κ2) is 9.45. The summed E-state index contributed by atoms with van der Waals surface area (Å²) in [5, 5.41) is 2.39. The van der Waals surface area contributed by atoms with Gasteiger partial charge in [0.05, 0.1) is 0 Å². The Hall–Kier alpha value is -2.69. The van der Waals surface area contributed by atoms with Crippen LogP contribution in [0.1, 0.15) is 28.8 Å². The lowest BCUT2D eigenvalue weighted by molar-refractivity contribution is -0.121. The van der Waals surface area contributed by atoms with Gasteiger partial charge < -0.3 is 10.1 Å². The van der Waals surface area contributed by atoms with Gasteiger partial charge in [0.25, 0.3) is 0 Å². The molecule has 0 atom stereocenters. The third kappa shape index (κ3) is 5.83. The van der Waals surface area contributed by atoms with Crippen LogP contribution in [0.25, 0.3) is 0 Å². The highest BCUT2D eigenvalue weighted by Gasteiger charge is 2.09. The van der Waals surface area contributed by atoms with Gasteiger partial charge in [-0.05, 0) is 29.8 Å². The molecule has 0 bridgehead atoms. The molecular weight excluding hydrogens is 309 g/mol. The van der Waals surface area contributed by atoms with E-state index in [-0.39, 0.29) is 31.1 Å². The van der Waals surface area contributed by atoms with Crippen LogP contribution in [0, 0.1) is 0 Å². The molecule has 5 heteroatoms. The van der Waals surface area contributed by atoms with E-state index in [4.69, 9.17) is 4.74 Å². The van der Waals surface area contributed by atoms with Crippen molar-refractivity contribution in [1.29, 1.82) is 0 Å². The van der Waals surface area contributed by atoms with Crippen LogP contribution >= 0.6 is 0 Å². The van der Waals surface area contributed by atoms with Crippen molar-refractivity contribution < 1.29 is 18.7 Å². The van der Waals surface area contributed by atoms with E-state index < -0.39 is 6.67 Å². The number of alkyl halides is 1. The molecule has 0 spiro atoms. The Bertz CT molecular complexity index is 656. The van der Waals surface area contributed by atoms with Gasteiger partial charge in [-0.2, -0.15) is 0 Å². The maximum atomic E-state index is 12.0. The standard InChI is InChI=1S/C19H20FNO3/c20-12-13-21-19(23)11-10-18(22)16-6-8-17(9-7-16)24-14-15-4-2-1-3-5-15/h1-9H,10-14H2,(H,21,23). The minimum Gasteiger partial charge on any atom is -0.489 e. The van der Waals surface area contributed by atoms with Gasteiger partial charge in [0.2, 0.25) is 5.91 Å².